The standard InChI is InChI=1S/C17H29N3O2/c1-11(2)18-17(22)10-19(7)9-16(21)15-8-13(5)20(12(3)4)14(15)6/h8,11-12H,9-10H2,1-7H3,(H,18,22). The number of carbonyl (C=O) groups excluding carboxylic acids is 2. The average molecular weight is 307 g/mol. The van der Waals surface area contributed by atoms with Gasteiger partial charge in [-0.3, -0.25) is 14.5 Å². The van der Waals surface area contributed by atoms with Gasteiger partial charge in [0.05, 0.1) is 13.1 Å². The van der Waals surface area contributed by atoms with Crippen LogP contribution in [0.1, 0.15) is 55.5 Å². The summed E-state index contributed by atoms with van der Waals surface area (Å²) in [6.45, 7) is 12.5. The summed E-state index contributed by atoms with van der Waals surface area (Å²) < 4.78 is 2.17. The third-order valence-corrected chi connectivity index (χ3v) is 3.58. The van der Waals surface area contributed by atoms with Crippen LogP contribution in [0, 0.1) is 13.8 Å². The highest BCUT2D eigenvalue weighted by molar-refractivity contribution is 5.99. The molecule has 0 aliphatic heterocycles. The van der Waals surface area contributed by atoms with Crippen LogP contribution in [0.25, 0.3) is 0 Å². The molecular formula is C17H29N3O2. The van der Waals surface area contributed by atoms with Crippen molar-refractivity contribution in [1.82, 2.24) is 14.8 Å². The van der Waals surface area contributed by atoms with Gasteiger partial charge in [-0.05, 0) is 54.7 Å². The zero-order chi connectivity index (χ0) is 17.0. The molecule has 0 bridgehead atoms. The Morgan fingerprint density at radius 2 is 1.77 bits per heavy atom. The molecule has 1 N–H and O–H groups in total. The lowest BCUT2D eigenvalue weighted by Crippen LogP contribution is -2.40. The highest BCUT2D eigenvalue weighted by atomic mass is 16.2. The van der Waals surface area contributed by atoms with Crippen LogP contribution >= 0.6 is 0 Å². The second-order valence-corrected chi connectivity index (χ2v) is 6.57. The number of aromatic nitrogens is 1. The zero-order valence-electron chi connectivity index (χ0n) is 14.9. The van der Waals surface area contributed by atoms with Gasteiger partial charge in [0.25, 0.3) is 0 Å². The lowest BCUT2D eigenvalue weighted by atomic mass is 10.1. The van der Waals surface area contributed by atoms with Gasteiger partial charge < -0.3 is 9.88 Å². The van der Waals surface area contributed by atoms with Crippen molar-refractivity contribution in [3.63, 3.8) is 0 Å². The van der Waals surface area contributed by atoms with Crippen molar-refractivity contribution in [2.45, 2.75) is 53.6 Å². The zero-order valence-corrected chi connectivity index (χ0v) is 14.9. The van der Waals surface area contributed by atoms with E-state index >= 15 is 0 Å². The van der Waals surface area contributed by atoms with Crippen molar-refractivity contribution in [2.24, 2.45) is 0 Å². The minimum Gasteiger partial charge on any atom is -0.353 e. The fourth-order valence-electron chi connectivity index (χ4n) is 2.85. The minimum absolute atomic E-state index is 0.0554. The Hall–Kier alpha value is -1.62. The van der Waals surface area contributed by atoms with E-state index in [1.807, 2.05) is 33.8 Å². The maximum Gasteiger partial charge on any atom is 0.234 e. The van der Waals surface area contributed by atoms with Crippen molar-refractivity contribution in [3.05, 3.63) is 23.0 Å². The van der Waals surface area contributed by atoms with Crippen molar-refractivity contribution in [1.29, 1.82) is 0 Å². The predicted octanol–water partition coefficient (Wildman–Crippen LogP) is 2.32. The van der Waals surface area contributed by atoms with E-state index in [-0.39, 0.29) is 30.8 Å². The third-order valence-electron chi connectivity index (χ3n) is 3.58. The van der Waals surface area contributed by atoms with Gasteiger partial charge in [0.15, 0.2) is 5.78 Å². The first kappa shape index (κ1) is 18.4. The molecule has 0 saturated carbocycles. The van der Waals surface area contributed by atoms with Crippen molar-refractivity contribution in [2.75, 3.05) is 20.1 Å². The van der Waals surface area contributed by atoms with Crippen molar-refractivity contribution < 1.29 is 9.59 Å². The Labute approximate surface area is 133 Å². The molecule has 0 saturated heterocycles. The largest absolute Gasteiger partial charge is 0.353 e. The lowest BCUT2D eigenvalue weighted by Gasteiger charge is -2.17. The molecule has 0 fully saturated rings. The van der Waals surface area contributed by atoms with Crippen molar-refractivity contribution in [3.8, 4) is 0 Å². The smallest absolute Gasteiger partial charge is 0.234 e. The molecule has 124 valence electrons. The van der Waals surface area contributed by atoms with Crippen molar-refractivity contribution >= 4 is 11.7 Å². The Balaban J connectivity index is 2.73. The van der Waals surface area contributed by atoms with Crippen LogP contribution in [-0.4, -0.2) is 47.3 Å². The molecule has 0 atom stereocenters. The van der Waals surface area contributed by atoms with Crippen LogP contribution in [-0.2, 0) is 4.79 Å². The molecule has 22 heavy (non-hydrogen) atoms. The number of rotatable bonds is 7. The Morgan fingerprint density at radius 3 is 2.23 bits per heavy atom. The van der Waals surface area contributed by atoms with Crippen LogP contribution < -0.4 is 5.32 Å². The van der Waals surface area contributed by atoms with Crippen LogP contribution in [0.5, 0.6) is 0 Å². The van der Waals surface area contributed by atoms with E-state index in [0.717, 1.165) is 17.0 Å². The van der Waals surface area contributed by atoms with E-state index in [9.17, 15) is 9.59 Å². The number of amides is 1. The summed E-state index contributed by atoms with van der Waals surface area (Å²) in [6.07, 6.45) is 0. The van der Waals surface area contributed by atoms with Gasteiger partial charge in [-0.25, -0.2) is 0 Å². The Kier molecular flexibility index (Phi) is 6.35. The average Bonchev–Trinajstić information content (AvgIpc) is 2.62. The number of nitrogens with one attached hydrogen (secondary N) is 1. The molecule has 0 aromatic carbocycles. The van der Waals surface area contributed by atoms with Gasteiger partial charge in [-0.15, -0.1) is 0 Å². The van der Waals surface area contributed by atoms with Gasteiger partial charge in [0.2, 0.25) is 5.91 Å². The summed E-state index contributed by atoms with van der Waals surface area (Å²) in [7, 11) is 1.79. The summed E-state index contributed by atoms with van der Waals surface area (Å²) in [6, 6.07) is 2.39. The molecule has 5 nitrogen and oxygen atoms in total. The number of ketones is 1. The fourth-order valence-corrected chi connectivity index (χ4v) is 2.85. The molecule has 1 amide bonds. The van der Waals surface area contributed by atoms with Crippen LogP contribution in [0.2, 0.25) is 0 Å². The summed E-state index contributed by atoms with van der Waals surface area (Å²) in [4.78, 5) is 26.0. The number of likely N-dealkylation sites (N-methyl/N-ethyl adjacent to an activating group) is 1. The van der Waals surface area contributed by atoms with E-state index in [1.54, 1.807) is 11.9 Å². The number of hydrogen-bond donors (Lipinski definition) is 1. The van der Waals surface area contributed by atoms with Crippen LogP contribution in [0.4, 0.5) is 0 Å². The van der Waals surface area contributed by atoms with E-state index in [4.69, 9.17) is 0 Å². The van der Waals surface area contributed by atoms with E-state index in [2.05, 4.69) is 23.7 Å². The SMILES string of the molecule is Cc1cc(C(=O)CN(C)CC(=O)NC(C)C)c(C)n1C(C)C. The van der Waals surface area contributed by atoms with E-state index in [0.29, 0.717) is 6.04 Å². The highest BCUT2D eigenvalue weighted by Gasteiger charge is 2.19. The molecule has 0 radical (unpaired) electrons. The highest BCUT2D eigenvalue weighted by Crippen LogP contribution is 2.20. The predicted molar refractivity (Wildman–Crippen MR) is 89.4 cm³/mol. The molecule has 0 spiro atoms. The third kappa shape index (κ3) is 4.70. The molecule has 1 rings (SSSR count). The number of aryl methyl sites for hydroxylation is 1. The summed E-state index contributed by atoms with van der Waals surface area (Å²) in [5.41, 5.74) is 2.84. The second kappa shape index (κ2) is 7.58. The molecule has 1 aromatic rings. The lowest BCUT2D eigenvalue weighted by molar-refractivity contribution is -0.122. The minimum atomic E-state index is -0.0575. The van der Waals surface area contributed by atoms with Gasteiger partial charge >= 0.3 is 0 Å². The summed E-state index contributed by atoms with van der Waals surface area (Å²) in [5, 5.41) is 2.83. The first-order chi connectivity index (χ1) is 10.1. The van der Waals surface area contributed by atoms with Gasteiger partial charge in [-0.2, -0.15) is 0 Å². The topological polar surface area (TPSA) is 54.3 Å². The quantitative estimate of drug-likeness (QED) is 0.787. The molecule has 1 heterocycles. The molecule has 5 heteroatoms. The van der Waals surface area contributed by atoms with Crippen LogP contribution in [0.3, 0.4) is 0 Å². The summed E-state index contributed by atoms with van der Waals surface area (Å²) in [5.74, 6) is -0.00204. The van der Waals surface area contributed by atoms with Gasteiger partial charge in [-0.1, -0.05) is 0 Å². The monoisotopic (exact) mass is 307 g/mol. The molecule has 0 unspecified atom stereocenters. The second-order valence-electron chi connectivity index (χ2n) is 6.57. The number of carbonyl (C=O) groups is 2. The first-order valence-corrected chi connectivity index (χ1v) is 7.83. The molecular weight excluding hydrogens is 278 g/mol. The van der Waals surface area contributed by atoms with E-state index < -0.39 is 0 Å². The Bertz CT molecular complexity index is 544. The molecule has 1 aromatic heterocycles. The normalized spacial score (nSPS) is 11.5. The summed E-state index contributed by atoms with van der Waals surface area (Å²) >= 11 is 0. The molecule has 0 aliphatic rings. The number of nitrogens with zero attached hydrogens (tertiary/aromatic N) is 2. The Morgan fingerprint density at radius 1 is 1.18 bits per heavy atom. The fraction of sp³-hybridized carbons (Fsp3) is 0.647. The van der Waals surface area contributed by atoms with Crippen LogP contribution in [0.15, 0.2) is 6.07 Å². The maximum atomic E-state index is 12.5. The molecule has 0 aliphatic carbocycles. The number of Topliss-reactive ketones (excluding diaryl/α,β-unsaturated/α-hetero) is 1. The maximum absolute atomic E-state index is 12.5. The van der Waals surface area contributed by atoms with E-state index in [1.165, 1.54) is 0 Å². The number of hydrogen-bond acceptors (Lipinski definition) is 3. The van der Waals surface area contributed by atoms with Gasteiger partial charge in [0, 0.05) is 29.0 Å². The first-order valence-electron chi connectivity index (χ1n) is 7.83. The van der Waals surface area contributed by atoms with Gasteiger partial charge in [0.1, 0.15) is 0 Å².